The average Bonchev–Trinajstić information content (AvgIpc) is 3.34. The maximum atomic E-state index is 13.4. The van der Waals surface area contributed by atoms with E-state index in [9.17, 15) is 9.59 Å². The first-order chi connectivity index (χ1) is 15.4. The summed E-state index contributed by atoms with van der Waals surface area (Å²) in [6.45, 7) is 3.98. The van der Waals surface area contributed by atoms with Crippen molar-refractivity contribution in [2.75, 3.05) is 5.73 Å². The van der Waals surface area contributed by atoms with Crippen molar-refractivity contribution in [3.05, 3.63) is 92.8 Å². The summed E-state index contributed by atoms with van der Waals surface area (Å²) in [7, 11) is 0. The van der Waals surface area contributed by atoms with Crippen LogP contribution in [0.4, 0.5) is 5.69 Å². The van der Waals surface area contributed by atoms with Crippen molar-refractivity contribution in [3.63, 3.8) is 0 Å². The summed E-state index contributed by atoms with van der Waals surface area (Å²) in [6, 6.07) is 19.1. The highest BCUT2D eigenvalue weighted by Crippen LogP contribution is 2.35. The fourth-order valence-corrected chi connectivity index (χ4v) is 4.54. The number of hydrogen-bond acceptors (Lipinski definition) is 6. The first kappa shape index (κ1) is 19.9. The van der Waals surface area contributed by atoms with Gasteiger partial charge in [0.15, 0.2) is 0 Å². The van der Waals surface area contributed by atoms with Crippen LogP contribution in [-0.2, 0) is 0 Å². The van der Waals surface area contributed by atoms with Crippen LogP contribution in [0.2, 0.25) is 0 Å². The van der Waals surface area contributed by atoms with Gasteiger partial charge in [-0.15, -0.1) is 11.3 Å². The Hall–Kier alpha value is -4.04. The van der Waals surface area contributed by atoms with Crippen LogP contribution in [0, 0.1) is 13.8 Å². The van der Waals surface area contributed by atoms with E-state index in [1.165, 1.54) is 4.68 Å². The number of fused-ring (bicyclic) bond motifs is 1. The Labute approximate surface area is 186 Å². The number of carbonyl (C=O) groups excluding carboxylic acids is 1. The standard InChI is InChI=1S/C24H18N4O3S/c1-13-3-7-15(8-4-13)18-12-11-17-19(25)22(32-23(17)26-18)21(29)20-24(30)31-27-28(20)16-9-5-14(2)6-10-16/h3-12H,1-2H3,(H2-,25,27,29,30)/p+1. The summed E-state index contributed by atoms with van der Waals surface area (Å²) in [5.41, 5.74) is 10.3. The Morgan fingerprint density at radius 1 is 1.00 bits per heavy atom. The Kier molecular flexibility index (Phi) is 4.71. The smallest absolute Gasteiger partial charge is 0.397 e. The van der Waals surface area contributed by atoms with Gasteiger partial charge in [-0.05, 0) is 35.9 Å². The lowest BCUT2D eigenvalue weighted by Gasteiger charge is -2.01. The maximum absolute atomic E-state index is 13.4. The molecule has 7 nitrogen and oxygen atoms in total. The summed E-state index contributed by atoms with van der Waals surface area (Å²) in [5.74, 6) is -0.516. The second kappa shape index (κ2) is 7.58. The Morgan fingerprint density at radius 2 is 1.66 bits per heavy atom. The molecule has 5 aromatic rings. The zero-order chi connectivity index (χ0) is 22.4. The summed E-state index contributed by atoms with van der Waals surface area (Å²) in [6.07, 6.45) is 0. The van der Waals surface area contributed by atoms with E-state index in [1.54, 1.807) is 12.1 Å². The molecule has 32 heavy (non-hydrogen) atoms. The molecular formula is C24H19N4O3S+. The predicted octanol–water partition coefficient (Wildman–Crippen LogP) is 3.95. The maximum Gasteiger partial charge on any atom is 0.439 e. The van der Waals surface area contributed by atoms with Crippen molar-refractivity contribution in [2.45, 2.75) is 13.8 Å². The van der Waals surface area contributed by atoms with E-state index >= 15 is 0 Å². The number of pyridine rings is 1. The minimum atomic E-state index is -0.763. The summed E-state index contributed by atoms with van der Waals surface area (Å²) in [5, 5.41) is 3.18. The number of nitrogens with two attached hydrogens (primary N) is 1. The molecule has 0 radical (unpaired) electrons. The van der Waals surface area contributed by atoms with Crippen molar-refractivity contribution in [3.8, 4) is 16.9 Å². The normalized spacial score (nSPS) is 11.2. The van der Waals surface area contributed by atoms with Crippen LogP contribution in [-0.4, -0.2) is 16.0 Å². The third-order valence-electron chi connectivity index (χ3n) is 5.30. The number of nitrogen functional groups attached to an aromatic ring is 1. The molecule has 0 aliphatic rings. The predicted molar refractivity (Wildman–Crippen MR) is 123 cm³/mol. The molecule has 0 aliphatic heterocycles. The van der Waals surface area contributed by atoms with E-state index in [4.69, 9.17) is 15.2 Å². The molecular weight excluding hydrogens is 424 g/mol. The number of thiophene rings is 1. The van der Waals surface area contributed by atoms with Gasteiger partial charge in [-0.2, -0.15) is 0 Å². The van der Waals surface area contributed by atoms with E-state index in [0.29, 0.717) is 21.6 Å². The second-order valence-corrected chi connectivity index (χ2v) is 8.59. The van der Waals surface area contributed by atoms with Gasteiger partial charge in [-0.3, -0.25) is 9.32 Å². The molecule has 0 aliphatic carbocycles. The van der Waals surface area contributed by atoms with Gasteiger partial charge in [0.05, 0.1) is 11.4 Å². The number of aryl methyl sites for hydroxylation is 2. The Morgan fingerprint density at radius 3 is 2.34 bits per heavy atom. The number of benzene rings is 2. The highest BCUT2D eigenvalue weighted by atomic mass is 32.1. The lowest BCUT2D eigenvalue weighted by molar-refractivity contribution is -0.672. The number of hydrogen-bond donors (Lipinski definition) is 2. The molecule has 0 fully saturated rings. The first-order valence-corrected chi connectivity index (χ1v) is 10.8. The number of rotatable bonds is 4. The van der Waals surface area contributed by atoms with Gasteiger partial charge in [0, 0.05) is 23.1 Å². The number of ketones is 1. The van der Waals surface area contributed by atoms with Gasteiger partial charge >= 0.3 is 11.3 Å². The molecule has 0 amide bonds. The molecule has 0 atom stereocenters. The zero-order valence-corrected chi connectivity index (χ0v) is 18.2. The third-order valence-corrected chi connectivity index (χ3v) is 6.42. The van der Waals surface area contributed by atoms with Crippen LogP contribution in [0.1, 0.15) is 26.5 Å². The molecule has 0 spiro atoms. The second-order valence-electron chi connectivity index (χ2n) is 7.59. The molecule has 158 valence electrons. The molecule has 0 saturated carbocycles. The van der Waals surface area contributed by atoms with Crippen LogP contribution in [0.25, 0.3) is 27.2 Å². The fraction of sp³-hybridized carbons (Fsp3) is 0.0833. The molecule has 2 aromatic carbocycles. The highest BCUT2D eigenvalue weighted by molar-refractivity contribution is 7.21. The number of anilines is 1. The first-order valence-electron chi connectivity index (χ1n) is 9.93. The molecule has 3 aromatic heterocycles. The minimum Gasteiger partial charge on any atom is -0.397 e. The number of H-pyrrole nitrogens is 1. The van der Waals surface area contributed by atoms with Crippen LogP contribution in [0.15, 0.2) is 70.0 Å². The fourth-order valence-electron chi connectivity index (χ4n) is 3.50. The third kappa shape index (κ3) is 3.30. The van der Waals surface area contributed by atoms with E-state index in [2.05, 4.69) is 5.27 Å². The van der Waals surface area contributed by atoms with Crippen molar-refractivity contribution in [1.29, 1.82) is 0 Å². The van der Waals surface area contributed by atoms with Gasteiger partial charge in [0.2, 0.25) is 5.69 Å². The summed E-state index contributed by atoms with van der Waals surface area (Å²) < 4.78 is 6.27. The van der Waals surface area contributed by atoms with Gasteiger partial charge in [-0.1, -0.05) is 47.5 Å². The van der Waals surface area contributed by atoms with Crippen molar-refractivity contribution >= 4 is 33.0 Å². The highest BCUT2D eigenvalue weighted by Gasteiger charge is 2.34. The molecule has 0 unspecified atom stereocenters. The number of nitrogens with zero attached hydrogens (tertiary/aromatic N) is 2. The Balaban J connectivity index is 1.60. The molecule has 3 N–H and O–H groups in total. The Bertz CT molecular complexity index is 1530. The molecule has 5 rings (SSSR count). The van der Waals surface area contributed by atoms with Crippen molar-refractivity contribution in [1.82, 2.24) is 10.3 Å². The minimum absolute atomic E-state index is 0.147. The molecule has 0 bridgehead atoms. The largest absolute Gasteiger partial charge is 0.439 e. The molecule has 3 heterocycles. The van der Waals surface area contributed by atoms with E-state index < -0.39 is 11.4 Å². The van der Waals surface area contributed by atoms with Crippen molar-refractivity contribution < 1.29 is 14.0 Å². The van der Waals surface area contributed by atoms with E-state index in [-0.39, 0.29) is 10.6 Å². The average molecular weight is 444 g/mol. The zero-order valence-electron chi connectivity index (χ0n) is 17.4. The van der Waals surface area contributed by atoms with Crippen LogP contribution >= 0.6 is 11.3 Å². The van der Waals surface area contributed by atoms with Crippen LogP contribution in [0.3, 0.4) is 0 Å². The number of aromatic nitrogens is 3. The number of carbonyl (C=O) groups is 1. The van der Waals surface area contributed by atoms with E-state index in [0.717, 1.165) is 33.7 Å². The molecule has 8 heteroatoms. The quantitative estimate of drug-likeness (QED) is 0.323. The van der Waals surface area contributed by atoms with Crippen molar-refractivity contribution in [2.24, 2.45) is 0 Å². The lowest BCUT2D eigenvalue weighted by Crippen LogP contribution is -2.41. The van der Waals surface area contributed by atoms with Crippen LogP contribution < -0.4 is 16.0 Å². The number of nitrogens with one attached hydrogen (secondary N) is 1. The van der Waals surface area contributed by atoms with Gasteiger partial charge in [-0.25, -0.2) is 9.78 Å². The van der Waals surface area contributed by atoms with Gasteiger partial charge in [0.1, 0.15) is 9.71 Å². The van der Waals surface area contributed by atoms with Gasteiger partial charge < -0.3 is 5.73 Å². The molecule has 0 saturated heterocycles. The van der Waals surface area contributed by atoms with E-state index in [1.807, 2.05) is 62.4 Å². The SMILES string of the molecule is Cc1ccc(-c2ccc3c(N)c(C(=O)c4c(=O)o[nH][n+]4-c4ccc(C)cc4)sc3n2)cc1. The lowest BCUT2D eigenvalue weighted by atomic mass is 10.1. The number of aromatic amines is 1. The summed E-state index contributed by atoms with van der Waals surface area (Å²) >= 11 is 1.16. The topological polar surface area (TPSA) is 106 Å². The summed E-state index contributed by atoms with van der Waals surface area (Å²) in [4.78, 5) is 31.4. The van der Waals surface area contributed by atoms with Crippen LogP contribution in [0.5, 0.6) is 0 Å². The monoisotopic (exact) mass is 443 g/mol. The van der Waals surface area contributed by atoms with Gasteiger partial charge in [0.25, 0.3) is 5.78 Å².